The van der Waals surface area contributed by atoms with Gasteiger partial charge in [0.1, 0.15) is 6.61 Å². The Labute approximate surface area is 147 Å². The predicted octanol–water partition coefficient (Wildman–Crippen LogP) is 3.40. The number of methoxy groups -OCH3 is 1. The van der Waals surface area contributed by atoms with Crippen molar-refractivity contribution in [3.05, 3.63) is 53.1 Å². The molecule has 0 radical (unpaired) electrons. The van der Waals surface area contributed by atoms with Gasteiger partial charge >= 0.3 is 11.9 Å². The Morgan fingerprint density at radius 1 is 1.04 bits per heavy atom. The number of nitrogen functional groups attached to an aromatic ring is 1. The normalized spacial score (nSPS) is 11.7. The van der Waals surface area contributed by atoms with Crippen molar-refractivity contribution in [3.63, 3.8) is 0 Å². The Morgan fingerprint density at radius 3 is 2.28 bits per heavy atom. The monoisotopic (exact) mass is 341 g/mol. The van der Waals surface area contributed by atoms with Crippen molar-refractivity contribution in [3.8, 4) is 11.1 Å². The first-order valence-electron chi connectivity index (χ1n) is 8.04. The highest BCUT2D eigenvalue weighted by Gasteiger charge is 2.23. The maximum absolute atomic E-state index is 11.9. The van der Waals surface area contributed by atoms with E-state index in [9.17, 15) is 9.59 Å². The van der Waals surface area contributed by atoms with Crippen molar-refractivity contribution in [2.45, 2.75) is 27.4 Å². The van der Waals surface area contributed by atoms with E-state index in [0.29, 0.717) is 0 Å². The van der Waals surface area contributed by atoms with Crippen LogP contribution in [0.2, 0.25) is 0 Å². The molecule has 0 amide bonds. The lowest BCUT2D eigenvalue weighted by molar-refractivity contribution is -0.160. The number of ether oxygens (including phenoxy) is 2. The molecule has 2 N–H and O–H groups in total. The number of anilines is 1. The Kier molecular flexibility index (Phi) is 5.80. The zero-order chi connectivity index (χ0) is 18.6. The maximum Gasteiger partial charge on any atom is 0.320 e. The van der Waals surface area contributed by atoms with Crippen molar-refractivity contribution in [2.75, 3.05) is 12.8 Å². The highest BCUT2D eigenvalue weighted by molar-refractivity contribution is 5.94. The minimum atomic E-state index is -0.935. The van der Waals surface area contributed by atoms with Gasteiger partial charge in [0.25, 0.3) is 0 Å². The molecule has 2 aromatic rings. The Bertz CT molecular complexity index is 775. The van der Waals surface area contributed by atoms with E-state index < -0.39 is 17.9 Å². The zero-order valence-corrected chi connectivity index (χ0v) is 15.0. The number of hydrogen-bond acceptors (Lipinski definition) is 5. The standard InChI is InChI=1S/C20H23NO4/c1-12-8-17(9-13(2)18(12)21)16-7-5-6-15(10-16)11-25-20(23)14(3)19(22)24-4/h5-10,14H,11,21H2,1-4H3/t14-/m1/s1. The molecule has 0 saturated carbocycles. The van der Waals surface area contributed by atoms with Gasteiger partial charge in [-0.25, -0.2) is 0 Å². The highest BCUT2D eigenvalue weighted by Crippen LogP contribution is 2.27. The molecule has 0 fully saturated rings. The molecule has 0 bridgehead atoms. The van der Waals surface area contributed by atoms with Crippen molar-refractivity contribution in [1.82, 2.24) is 0 Å². The van der Waals surface area contributed by atoms with Crippen LogP contribution in [0, 0.1) is 19.8 Å². The number of aryl methyl sites for hydroxylation is 2. The second-order valence-corrected chi connectivity index (χ2v) is 6.08. The number of rotatable bonds is 5. The summed E-state index contributed by atoms with van der Waals surface area (Å²) in [7, 11) is 1.24. The van der Waals surface area contributed by atoms with Crippen LogP contribution >= 0.6 is 0 Å². The lowest BCUT2D eigenvalue weighted by Gasteiger charge is -2.12. The average Bonchev–Trinajstić information content (AvgIpc) is 2.62. The summed E-state index contributed by atoms with van der Waals surface area (Å²) in [6, 6.07) is 11.8. The van der Waals surface area contributed by atoms with Gasteiger partial charge in [-0.3, -0.25) is 9.59 Å². The van der Waals surface area contributed by atoms with E-state index in [1.807, 2.05) is 50.2 Å². The van der Waals surface area contributed by atoms with Gasteiger partial charge in [-0.2, -0.15) is 0 Å². The average molecular weight is 341 g/mol. The fraction of sp³-hybridized carbons (Fsp3) is 0.300. The number of esters is 2. The summed E-state index contributed by atoms with van der Waals surface area (Å²) in [6.07, 6.45) is 0. The molecular formula is C20H23NO4. The van der Waals surface area contributed by atoms with Crippen LogP contribution in [-0.2, 0) is 25.7 Å². The van der Waals surface area contributed by atoms with Gasteiger partial charge in [0.05, 0.1) is 7.11 Å². The van der Waals surface area contributed by atoms with Crippen LogP contribution in [0.4, 0.5) is 5.69 Å². The second kappa shape index (κ2) is 7.83. The molecular weight excluding hydrogens is 318 g/mol. The minimum absolute atomic E-state index is 0.0982. The van der Waals surface area contributed by atoms with Crippen LogP contribution in [-0.4, -0.2) is 19.0 Å². The van der Waals surface area contributed by atoms with E-state index in [4.69, 9.17) is 10.5 Å². The summed E-state index contributed by atoms with van der Waals surface area (Å²) < 4.78 is 9.75. The molecule has 132 valence electrons. The van der Waals surface area contributed by atoms with Crippen LogP contribution < -0.4 is 5.73 Å². The first-order chi connectivity index (χ1) is 11.8. The van der Waals surface area contributed by atoms with E-state index in [-0.39, 0.29) is 6.61 Å². The third kappa shape index (κ3) is 4.38. The number of nitrogens with two attached hydrogens (primary N) is 1. The Morgan fingerprint density at radius 2 is 1.68 bits per heavy atom. The molecule has 1 atom stereocenters. The van der Waals surface area contributed by atoms with Gasteiger partial charge in [-0.15, -0.1) is 0 Å². The molecule has 0 spiro atoms. The number of carbonyl (C=O) groups excluding carboxylic acids is 2. The molecule has 5 nitrogen and oxygen atoms in total. The van der Waals surface area contributed by atoms with E-state index in [0.717, 1.165) is 33.5 Å². The van der Waals surface area contributed by atoms with Gasteiger partial charge in [0, 0.05) is 5.69 Å². The predicted molar refractivity (Wildman–Crippen MR) is 96.7 cm³/mol. The molecule has 0 heterocycles. The molecule has 25 heavy (non-hydrogen) atoms. The quantitative estimate of drug-likeness (QED) is 0.512. The smallest absolute Gasteiger partial charge is 0.320 e. The first kappa shape index (κ1) is 18.5. The first-order valence-corrected chi connectivity index (χ1v) is 8.04. The minimum Gasteiger partial charge on any atom is -0.468 e. The summed E-state index contributed by atoms with van der Waals surface area (Å²) in [4.78, 5) is 23.2. The third-order valence-corrected chi connectivity index (χ3v) is 4.14. The van der Waals surface area contributed by atoms with Gasteiger partial charge in [0.2, 0.25) is 0 Å². The molecule has 0 aliphatic rings. The molecule has 0 aliphatic heterocycles. The zero-order valence-electron chi connectivity index (χ0n) is 15.0. The van der Waals surface area contributed by atoms with Gasteiger partial charge in [-0.1, -0.05) is 18.2 Å². The fourth-order valence-electron chi connectivity index (χ4n) is 2.53. The van der Waals surface area contributed by atoms with Gasteiger partial charge in [0.15, 0.2) is 5.92 Å². The second-order valence-electron chi connectivity index (χ2n) is 6.08. The van der Waals surface area contributed by atoms with E-state index in [1.54, 1.807) is 0 Å². The maximum atomic E-state index is 11.9. The molecule has 2 aromatic carbocycles. The lowest BCUT2D eigenvalue weighted by atomic mass is 9.98. The number of benzene rings is 2. The third-order valence-electron chi connectivity index (χ3n) is 4.14. The molecule has 0 aromatic heterocycles. The Hall–Kier alpha value is -2.82. The van der Waals surface area contributed by atoms with E-state index in [1.165, 1.54) is 14.0 Å². The molecule has 0 aliphatic carbocycles. The number of carbonyl (C=O) groups is 2. The molecule has 0 saturated heterocycles. The molecule has 5 heteroatoms. The molecule has 0 unspecified atom stereocenters. The van der Waals surface area contributed by atoms with E-state index >= 15 is 0 Å². The summed E-state index contributed by atoms with van der Waals surface area (Å²) >= 11 is 0. The summed E-state index contributed by atoms with van der Waals surface area (Å²) in [5.41, 5.74) is 11.8. The van der Waals surface area contributed by atoms with Crippen LogP contribution in [0.15, 0.2) is 36.4 Å². The van der Waals surface area contributed by atoms with Crippen molar-refractivity contribution in [2.24, 2.45) is 5.92 Å². The van der Waals surface area contributed by atoms with Crippen molar-refractivity contribution < 1.29 is 19.1 Å². The highest BCUT2D eigenvalue weighted by atomic mass is 16.5. The SMILES string of the molecule is COC(=O)[C@@H](C)C(=O)OCc1cccc(-c2cc(C)c(N)c(C)c2)c1. The summed E-state index contributed by atoms with van der Waals surface area (Å²) in [5.74, 6) is -2.14. The number of hydrogen-bond donors (Lipinski definition) is 1. The summed E-state index contributed by atoms with van der Waals surface area (Å²) in [6.45, 7) is 5.52. The van der Waals surface area contributed by atoms with Crippen LogP contribution in [0.1, 0.15) is 23.6 Å². The van der Waals surface area contributed by atoms with Crippen LogP contribution in [0.3, 0.4) is 0 Å². The van der Waals surface area contributed by atoms with Crippen LogP contribution in [0.5, 0.6) is 0 Å². The largest absolute Gasteiger partial charge is 0.468 e. The fourth-order valence-corrected chi connectivity index (χ4v) is 2.53. The van der Waals surface area contributed by atoms with Crippen molar-refractivity contribution in [1.29, 1.82) is 0 Å². The summed E-state index contributed by atoms with van der Waals surface area (Å²) in [5, 5.41) is 0. The van der Waals surface area contributed by atoms with Gasteiger partial charge < -0.3 is 15.2 Å². The van der Waals surface area contributed by atoms with E-state index in [2.05, 4.69) is 4.74 Å². The van der Waals surface area contributed by atoms with Crippen molar-refractivity contribution >= 4 is 17.6 Å². The topological polar surface area (TPSA) is 78.6 Å². The lowest BCUT2D eigenvalue weighted by Crippen LogP contribution is -2.24. The van der Waals surface area contributed by atoms with Crippen LogP contribution in [0.25, 0.3) is 11.1 Å². The van der Waals surface area contributed by atoms with Gasteiger partial charge in [-0.05, 0) is 66.8 Å². The molecule has 2 rings (SSSR count). The Balaban J connectivity index is 2.14.